The van der Waals surface area contributed by atoms with Gasteiger partial charge in [0.2, 0.25) is 0 Å². The SMILES string of the molecule is COC(=O)c1sccc1S(=O)(=O)NN1CCOCC1. The first kappa shape index (κ1) is 14.4. The first-order valence-electron chi connectivity index (χ1n) is 5.55. The van der Waals surface area contributed by atoms with Gasteiger partial charge in [-0.25, -0.2) is 18.2 Å². The van der Waals surface area contributed by atoms with Crippen LogP contribution in [-0.2, 0) is 19.5 Å². The van der Waals surface area contributed by atoms with Crippen molar-refractivity contribution in [1.29, 1.82) is 0 Å². The summed E-state index contributed by atoms with van der Waals surface area (Å²) in [5, 5.41) is 3.09. The molecule has 2 rings (SSSR count). The van der Waals surface area contributed by atoms with Crippen LogP contribution in [0, 0.1) is 0 Å². The quantitative estimate of drug-likeness (QED) is 0.792. The van der Waals surface area contributed by atoms with Crippen molar-refractivity contribution in [1.82, 2.24) is 9.84 Å². The van der Waals surface area contributed by atoms with Crippen molar-refractivity contribution >= 4 is 27.3 Å². The molecule has 0 amide bonds. The van der Waals surface area contributed by atoms with Crippen molar-refractivity contribution in [3.63, 3.8) is 0 Å². The molecule has 1 N–H and O–H groups in total. The molecule has 0 aliphatic carbocycles. The minimum atomic E-state index is -3.77. The van der Waals surface area contributed by atoms with Gasteiger partial charge in [0, 0.05) is 13.1 Å². The van der Waals surface area contributed by atoms with Gasteiger partial charge in [0.15, 0.2) is 0 Å². The molecule has 0 saturated carbocycles. The van der Waals surface area contributed by atoms with E-state index in [2.05, 4.69) is 9.57 Å². The standard InChI is InChI=1S/C10H14N2O5S2/c1-16-10(13)9-8(2-7-18-9)19(14,15)11-12-3-5-17-6-4-12/h2,7,11H,3-6H2,1H3. The maximum Gasteiger partial charge on any atom is 0.349 e. The minimum absolute atomic E-state index is 0.0594. The van der Waals surface area contributed by atoms with Crippen LogP contribution < -0.4 is 4.83 Å². The second-order valence-corrected chi connectivity index (χ2v) is 6.35. The van der Waals surface area contributed by atoms with E-state index in [1.54, 1.807) is 10.4 Å². The van der Waals surface area contributed by atoms with Crippen molar-refractivity contribution in [3.05, 3.63) is 16.3 Å². The number of ether oxygens (including phenoxy) is 2. The largest absolute Gasteiger partial charge is 0.465 e. The average molecular weight is 306 g/mol. The molecule has 1 aliphatic heterocycles. The fourth-order valence-electron chi connectivity index (χ4n) is 1.62. The van der Waals surface area contributed by atoms with E-state index in [0.717, 1.165) is 11.3 Å². The van der Waals surface area contributed by atoms with E-state index in [-0.39, 0.29) is 9.77 Å². The number of nitrogens with zero attached hydrogens (tertiary/aromatic N) is 1. The van der Waals surface area contributed by atoms with E-state index >= 15 is 0 Å². The van der Waals surface area contributed by atoms with E-state index < -0.39 is 16.0 Å². The molecule has 1 aliphatic rings. The lowest BCUT2D eigenvalue weighted by Gasteiger charge is -2.26. The maximum atomic E-state index is 12.2. The van der Waals surface area contributed by atoms with Crippen LogP contribution in [0.4, 0.5) is 0 Å². The minimum Gasteiger partial charge on any atom is -0.465 e. The highest BCUT2D eigenvalue weighted by Crippen LogP contribution is 2.22. The summed E-state index contributed by atoms with van der Waals surface area (Å²) >= 11 is 1.03. The number of esters is 1. The molecule has 1 aromatic rings. The Balaban J connectivity index is 2.19. The van der Waals surface area contributed by atoms with Crippen LogP contribution in [0.5, 0.6) is 0 Å². The Morgan fingerprint density at radius 2 is 2.16 bits per heavy atom. The van der Waals surface area contributed by atoms with Crippen molar-refractivity contribution in [2.75, 3.05) is 33.4 Å². The van der Waals surface area contributed by atoms with Crippen LogP contribution >= 0.6 is 11.3 Å². The van der Waals surface area contributed by atoms with E-state index in [1.165, 1.54) is 13.2 Å². The summed E-state index contributed by atoms with van der Waals surface area (Å²) in [4.78, 5) is 14.0. The van der Waals surface area contributed by atoms with Gasteiger partial charge in [-0.2, -0.15) is 0 Å². The number of nitrogens with one attached hydrogen (secondary N) is 1. The summed E-state index contributed by atoms with van der Waals surface area (Å²) in [7, 11) is -2.56. The lowest BCUT2D eigenvalue weighted by atomic mass is 10.5. The van der Waals surface area contributed by atoms with Crippen LogP contribution in [0.25, 0.3) is 0 Å². The third-order valence-electron chi connectivity index (χ3n) is 2.55. The third kappa shape index (κ3) is 3.31. The van der Waals surface area contributed by atoms with Crippen molar-refractivity contribution in [2.24, 2.45) is 0 Å². The van der Waals surface area contributed by atoms with Gasteiger partial charge in [0.25, 0.3) is 10.0 Å². The number of thiophene rings is 1. The molecule has 2 heterocycles. The average Bonchev–Trinajstić information content (AvgIpc) is 2.88. The molecule has 7 nitrogen and oxygen atoms in total. The molecule has 19 heavy (non-hydrogen) atoms. The van der Waals surface area contributed by atoms with Gasteiger partial charge < -0.3 is 9.47 Å². The zero-order valence-corrected chi connectivity index (χ0v) is 11.9. The summed E-state index contributed by atoms with van der Waals surface area (Å²) in [6, 6.07) is 1.39. The summed E-state index contributed by atoms with van der Waals surface area (Å²) in [6.45, 7) is 1.87. The van der Waals surface area contributed by atoms with Crippen LogP contribution in [0.15, 0.2) is 16.3 Å². The van der Waals surface area contributed by atoms with Gasteiger partial charge in [-0.3, -0.25) is 0 Å². The summed E-state index contributed by atoms with van der Waals surface area (Å²) in [5.74, 6) is -0.655. The van der Waals surface area contributed by atoms with Crippen molar-refractivity contribution in [3.8, 4) is 0 Å². The second kappa shape index (κ2) is 5.97. The maximum absolute atomic E-state index is 12.2. The zero-order valence-electron chi connectivity index (χ0n) is 10.3. The second-order valence-electron chi connectivity index (χ2n) is 3.80. The normalized spacial score (nSPS) is 17.3. The Morgan fingerprint density at radius 3 is 2.79 bits per heavy atom. The molecule has 0 spiro atoms. The monoisotopic (exact) mass is 306 g/mol. The van der Waals surface area contributed by atoms with Crippen molar-refractivity contribution < 1.29 is 22.7 Å². The highest BCUT2D eigenvalue weighted by atomic mass is 32.2. The number of hydrazine groups is 1. The third-order valence-corrected chi connectivity index (χ3v) is 4.99. The molecule has 1 fully saturated rings. The number of hydrogen-bond donors (Lipinski definition) is 1. The fourth-order valence-corrected chi connectivity index (χ4v) is 4.08. The lowest BCUT2D eigenvalue weighted by molar-refractivity contribution is 0.0272. The molecule has 1 aromatic heterocycles. The molecule has 9 heteroatoms. The number of carbonyl (C=O) groups excluding carboxylic acids is 1. The van der Waals surface area contributed by atoms with Gasteiger partial charge in [-0.15, -0.1) is 16.2 Å². The van der Waals surface area contributed by atoms with Crippen LogP contribution in [0.2, 0.25) is 0 Å². The summed E-state index contributed by atoms with van der Waals surface area (Å²) < 4.78 is 34.1. The molecule has 0 atom stereocenters. The van der Waals surface area contributed by atoms with Crippen molar-refractivity contribution in [2.45, 2.75) is 4.90 Å². The molecule has 0 unspecified atom stereocenters. The van der Waals surface area contributed by atoms with E-state index in [4.69, 9.17) is 4.74 Å². The number of methoxy groups -OCH3 is 1. The number of morpholine rings is 1. The first-order valence-corrected chi connectivity index (χ1v) is 7.92. The van der Waals surface area contributed by atoms with E-state index in [9.17, 15) is 13.2 Å². The molecule has 1 saturated heterocycles. The van der Waals surface area contributed by atoms with E-state index in [1.807, 2.05) is 0 Å². The van der Waals surface area contributed by atoms with Crippen LogP contribution in [0.1, 0.15) is 9.67 Å². The van der Waals surface area contributed by atoms with Gasteiger partial charge in [0.1, 0.15) is 9.77 Å². The predicted octanol–water partition coefficient (Wildman–Crippen LogP) is 0.0602. The van der Waals surface area contributed by atoms with Gasteiger partial charge in [-0.05, 0) is 11.4 Å². The first-order chi connectivity index (χ1) is 9.04. The molecule has 0 bridgehead atoms. The number of rotatable bonds is 4. The Bertz CT molecular complexity index is 548. The van der Waals surface area contributed by atoms with Gasteiger partial charge in [-0.1, -0.05) is 0 Å². The smallest absolute Gasteiger partial charge is 0.349 e. The molecule has 0 radical (unpaired) electrons. The lowest BCUT2D eigenvalue weighted by Crippen LogP contribution is -2.48. The Labute approximate surface area is 115 Å². The fraction of sp³-hybridized carbons (Fsp3) is 0.500. The van der Waals surface area contributed by atoms with Gasteiger partial charge >= 0.3 is 5.97 Å². The van der Waals surface area contributed by atoms with Crippen LogP contribution in [-0.4, -0.2) is 52.8 Å². The highest BCUT2D eigenvalue weighted by Gasteiger charge is 2.27. The predicted molar refractivity (Wildman–Crippen MR) is 68.4 cm³/mol. The topological polar surface area (TPSA) is 84.9 Å². The molecular formula is C10H14N2O5S2. The molecule has 106 valence electrons. The summed E-state index contributed by atoms with van der Waals surface area (Å²) in [6.07, 6.45) is 0. The number of sulfonamides is 1. The Morgan fingerprint density at radius 1 is 1.47 bits per heavy atom. The number of carbonyl (C=O) groups is 1. The number of hydrogen-bond acceptors (Lipinski definition) is 7. The van der Waals surface area contributed by atoms with Gasteiger partial charge in [0.05, 0.1) is 20.3 Å². The summed E-state index contributed by atoms with van der Waals surface area (Å²) in [5.41, 5.74) is 0. The molecular weight excluding hydrogens is 292 g/mol. The molecule has 0 aromatic carbocycles. The Kier molecular flexibility index (Phi) is 4.53. The zero-order chi connectivity index (χ0) is 13.9. The van der Waals surface area contributed by atoms with E-state index in [0.29, 0.717) is 26.3 Å². The Hall–Kier alpha value is -1.00. The van der Waals surface area contributed by atoms with Crippen LogP contribution in [0.3, 0.4) is 0 Å². The highest BCUT2D eigenvalue weighted by molar-refractivity contribution is 7.89.